The highest BCUT2D eigenvalue weighted by Crippen LogP contribution is 2.61. The van der Waals surface area contributed by atoms with Gasteiger partial charge in [-0.25, -0.2) is 22.9 Å². The molecule has 2 aliphatic heterocycles. The summed E-state index contributed by atoms with van der Waals surface area (Å²) in [6, 6.07) is 6.83. The Morgan fingerprint density at radius 3 is 2.42 bits per heavy atom. The van der Waals surface area contributed by atoms with Gasteiger partial charge in [0.1, 0.15) is 40.8 Å². The molecule has 0 saturated carbocycles. The van der Waals surface area contributed by atoms with Crippen LogP contribution in [0.3, 0.4) is 0 Å². The fourth-order valence-corrected chi connectivity index (χ4v) is 8.08. The number of nitrogens with one attached hydrogen (secondary N) is 3. The molecule has 2 amide bonds. The molecular formula is C29H37F3N6O4S. The number of alkyl halides is 2. The highest BCUT2D eigenvalue weighted by Gasteiger charge is 2.62. The Bertz CT molecular complexity index is 1460. The maximum Gasteiger partial charge on any atom is 0.413 e. The summed E-state index contributed by atoms with van der Waals surface area (Å²) in [6.45, 7) is 10.4. The number of ether oxygens (including phenoxy) is 2. The van der Waals surface area contributed by atoms with E-state index in [2.05, 4.69) is 20.9 Å². The van der Waals surface area contributed by atoms with Gasteiger partial charge in [-0.05, 0) is 84.8 Å². The Hall–Kier alpha value is -3.49. The lowest BCUT2D eigenvalue weighted by Crippen LogP contribution is -2.71. The molecule has 0 spiro atoms. The van der Waals surface area contributed by atoms with Crippen molar-refractivity contribution < 1.29 is 32.2 Å². The van der Waals surface area contributed by atoms with Gasteiger partial charge in [0.15, 0.2) is 0 Å². The molecule has 2 aliphatic rings. The molecule has 0 radical (unpaired) electrons. The summed E-state index contributed by atoms with van der Waals surface area (Å²) in [5.41, 5.74) is 6.44. The third kappa shape index (κ3) is 6.41. The fraction of sp³-hybridized carbons (Fsp3) is 0.483. The van der Waals surface area contributed by atoms with Gasteiger partial charge < -0.3 is 20.5 Å². The Morgan fingerprint density at radius 2 is 1.86 bits per heavy atom. The van der Waals surface area contributed by atoms with E-state index in [1.165, 1.54) is 36.5 Å². The van der Waals surface area contributed by atoms with E-state index < -0.39 is 62.1 Å². The number of aromatic nitrogens is 1. The molecule has 1 unspecified atom stereocenters. The van der Waals surface area contributed by atoms with Gasteiger partial charge >= 0.3 is 6.09 Å². The first-order valence-electron chi connectivity index (χ1n) is 13.7. The second kappa shape index (κ2) is 11.9. The number of halogens is 3. The number of aliphatic imine (C=N–C) groups is 1. The maximum atomic E-state index is 15.7. The van der Waals surface area contributed by atoms with Gasteiger partial charge in [-0.3, -0.25) is 20.4 Å². The molecular weight excluding hydrogens is 585 g/mol. The summed E-state index contributed by atoms with van der Waals surface area (Å²) < 4.78 is 50.3. The van der Waals surface area contributed by atoms with Crippen LogP contribution in [0.2, 0.25) is 0 Å². The van der Waals surface area contributed by atoms with E-state index in [4.69, 9.17) is 20.2 Å². The summed E-state index contributed by atoms with van der Waals surface area (Å²) in [5.74, 6) is -0.735. The minimum atomic E-state index is -2.64. The van der Waals surface area contributed by atoms with Crippen molar-refractivity contribution in [2.75, 3.05) is 18.5 Å². The van der Waals surface area contributed by atoms with Crippen molar-refractivity contribution in [2.45, 2.75) is 75.1 Å². The Balaban J connectivity index is 1.70. The number of fused-ring (bicyclic) bond motifs is 1. The minimum absolute atomic E-state index is 0.000764. The van der Waals surface area contributed by atoms with Crippen molar-refractivity contribution in [3.05, 3.63) is 53.6 Å². The second-order valence-corrected chi connectivity index (χ2v) is 14.5. The van der Waals surface area contributed by atoms with Crippen molar-refractivity contribution in [1.82, 2.24) is 15.6 Å². The van der Waals surface area contributed by atoms with Crippen molar-refractivity contribution in [1.29, 1.82) is 0 Å². The lowest BCUT2D eigenvalue weighted by Gasteiger charge is -2.61. The quantitative estimate of drug-likeness (QED) is 0.312. The minimum Gasteiger partial charge on any atom is -0.486 e. The Labute approximate surface area is 250 Å². The number of alkyl carbamates (subject to hydrolysis) is 1. The smallest absolute Gasteiger partial charge is 0.413 e. The van der Waals surface area contributed by atoms with Crippen molar-refractivity contribution in [3.8, 4) is 5.75 Å². The molecule has 3 heterocycles. The average molecular weight is 623 g/mol. The summed E-state index contributed by atoms with van der Waals surface area (Å²) in [6.07, 6.45) is -1.70. The molecule has 0 saturated heterocycles. The monoisotopic (exact) mass is 622 g/mol. The molecule has 1 aromatic heterocycles. The number of nitrogens with two attached hydrogens (primary N) is 1. The van der Waals surface area contributed by atoms with Gasteiger partial charge in [-0.1, -0.05) is 0 Å². The number of amidine groups is 1. The highest BCUT2D eigenvalue weighted by molar-refractivity contribution is 8.19. The molecule has 0 aliphatic carbocycles. The van der Waals surface area contributed by atoms with Gasteiger partial charge in [0.2, 0.25) is 0 Å². The number of pyridine rings is 1. The number of hydrogen-bond acceptors (Lipinski definition) is 8. The molecule has 4 rings (SSSR count). The largest absolute Gasteiger partial charge is 0.486 e. The number of hydrogen-bond donors (Lipinski definition) is 4. The number of benzene rings is 1. The van der Waals surface area contributed by atoms with E-state index in [-0.39, 0.29) is 22.7 Å². The van der Waals surface area contributed by atoms with Crippen LogP contribution in [0.5, 0.6) is 5.75 Å². The number of carbonyl (C=O) groups is 2. The predicted molar refractivity (Wildman–Crippen MR) is 162 cm³/mol. The summed E-state index contributed by atoms with van der Waals surface area (Å²) in [5, 5.41) is 8.90. The lowest BCUT2D eigenvalue weighted by atomic mass is 9.81. The molecule has 5 N–H and O–H groups in total. The van der Waals surface area contributed by atoms with Gasteiger partial charge in [0.05, 0.1) is 15.8 Å². The maximum absolute atomic E-state index is 15.7. The average Bonchev–Trinajstić information content (AvgIpc) is 2.88. The van der Waals surface area contributed by atoms with Crippen LogP contribution >= 0.6 is 10.5 Å². The van der Waals surface area contributed by atoms with Crippen LogP contribution in [-0.2, 0) is 10.3 Å². The van der Waals surface area contributed by atoms with E-state index in [1.54, 1.807) is 27.7 Å². The molecule has 14 heteroatoms. The highest BCUT2D eigenvalue weighted by atomic mass is 32.2. The number of rotatable bonds is 8. The number of carbonyl (C=O) groups excluding carboxylic acids is 2. The first kappa shape index (κ1) is 32.4. The second-order valence-electron chi connectivity index (χ2n) is 11.9. The Morgan fingerprint density at radius 1 is 1.14 bits per heavy atom. The van der Waals surface area contributed by atoms with Gasteiger partial charge in [-0.15, -0.1) is 10.5 Å². The van der Waals surface area contributed by atoms with Crippen LogP contribution in [0.1, 0.15) is 64.0 Å². The van der Waals surface area contributed by atoms with E-state index in [0.717, 1.165) is 0 Å². The first-order chi connectivity index (χ1) is 20.0. The summed E-state index contributed by atoms with van der Waals surface area (Å²) in [4.78, 5) is 34.0. The zero-order valence-electron chi connectivity index (χ0n) is 24.9. The predicted octanol–water partition coefficient (Wildman–Crippen LogP) is 4.72. The van der Waals surface area contributed by atoms with Crippen LogP contribution in [0.15, 0.2) is 41.5 Å². The number of amides is 2. The van der Waals surface area contributed by atoms with Crippen molar-refractivity contribution in [3.63, 3.8) is 0 Å². The third-order valence-electron chi connectivity index (χ3n) is 7.24. The van der Waals surface area contributed by atoms with E-state index in [0.29, 0.717) is 18.8 Å². The summed E-state index contributed by atoms with van der Waals surface area (Å²) >= 11 is 0. The van der Waals surface area contributed by atoms with Crippen LogP contribution in [0, 0.1) is 5.82 Å². The first-order valence-corrected chi connectivity index (χ1v) is 14.9. The fourth-order valence-electron chi connectivity index (χ4n) is 5.17. The van der Waals surface area contributed by atoms with Crippen LogP contribution in [-0.4, -0.2) is 63.1 Å². The van der Waals surface area contributed by atoms with E-state index in [9.17, 15) is 18.4 Å². The number of anilines is 1. The van der Waals surface area contributed by atoms with Crippen LogP contribution in [0.4, 0.5) is 23.7 Å². The molecule has 1 aromatic carbocycles. The van der Waals surface area contributed by atoms with Crippen molar-refractivity contribution in [2.24, 2.45) is 10.7 Å². The van der Waals surface area contributed by atoms with Crippen LogP contribution in [0.25, 0.3) is 0 Å². The molecule has 10 nitrogen and oxygen atoms in total. The van der Waals surface area contributed by atoms with Gasteiger partial charge in [-0.2, -0.15) is 0 Å². The molecule has 2 aromatic rings. The van der Waals surface area contributed by atoms with Crippen LogP contribution < -0.4 is 26.4 Å². The zero-order chi connectivity index (χ0) is 31.8. The van der Waals surface area contributed by atoms with Crippen molar-refractivity contribution >= 4 is 39.5 Å². The van der Waals surface area contributed by atoms with E-state index >= 15 is 4.39 Å². The topological polar surface area (TPSA) is 140 Å². The lowest BCUT2D eigenvalue weighted by molar-refractivity contribution is 0.0559. The third-order valence-corrected chi connectivity index (χ3v) is 10.4. The SMILES string of the molecule is CC(C)(C)OC(=O)NC1=N[C@](C)(c2cc(NC(=O)c3ccc(OCC(F)F)cn3)ccc2F)[C@@]2(CCN)NC=S2C1(C)C. The summed E-state index contributed by atoms with van der Waals surface area (Å²) in [7, 11) is -0.565. The molecule has 3 atom stereocenters. The zero-order valence-corrected chi connectivity index (χ0v) is 25.7. The van der Waals surface area contributed by atoms with Gasteiger partial charge in [0.25, 0.3) is 12.3 Å². The van der Waals surface area contributed by atoms with E-state index in [1.807, 2.05) is 19.3 Å². The molecule has 0 bridgehead atoms. The van der Waals surface area contributed by atoms with Gasteiger partial charge in [0, 0.05) is 16.7 Å². The number of nitrogens with zero attached hydrogens (tertiary/aromatic N) is 2. The normalized spacial score (nSPS) is 24.2. The molecule has 0 fully saturated rings. The molecule has 43 heavy (non-hydrogen) atoms. The Kier molecular flexibility index (Phi) is 8.96. The molecule has 234 valence electrons. The standard InChI is InChI=1S/C29H37F3N6O4S/c1-26(2,3)42-25(40)37-24-27(4,5)43-16-35-29(43,11-12-33)28(6,38-24)19-13-17(7-9-20(19)30)36-23(39)21-10-8-18(14-34-21)41-15-22(31)32/h7-10,13-14,16,22,35H,11-12,15,33H2,1-6H3,(H,36,39)(H,37,38,40)/t28-,29+,43?/m1/s1.